The molecule has 0 aliphatic heterocycles. The third-order valence-corrected chi connectivity index (χ3v) is 2.94. The number of methoxy groups -OCH3 is 1. The van der Waals surface area contributed by atoms with Crippen LogP contribution in [0.4, 0.5) is 5.95 Å². The molecule has 0 saturated carbocycles. The minimum absolute atomic E-state index is 0.548. The van der Waals surface area contributed by atoms with Crippen molar-refractivity contribution in [2.75, 3.05) is 19.0 Å². The summed E-state index contributed by atoms with van der Waals surface area (Å²) < 4.78 is 7.31. The predicted octanol–water partition coefficient (Wildman–Crippen LogP) is 3.60. The number of imidazole rings is 1. The van der Waals surface area contributed by atoms with E-state index in [1.807, 2.05) is 29.0 Å². The zero-order valence-corrected chi connectivity index (χ0v) is 12.1. The largest absolute Gasteiger partial charge is 0.495 e. The van der Waals surface area contributed by atoms with E-state index in [4.69, 9.17) is 16.3 Å². The first-order chi connectivity index (χ1) is 9.11. The molecule has 4 nitrogen and oxygen atoms in total. The third kappa shape index (κ3) is 3.20. The van der Waals surface area contributed by atoms with E-state index >= 15 is 0 Å². The molecule has 2 rings (SSSR count). The van der Waals surface area contributed by atoms with E-state index in [9.17, 15) is 0 Å². The van der Waals surface area contributed by atoms with E-state index in [-0.39, 0.29) is 0 Å². The molecule has 102 valence electrons. The van der Waals surface area contributed by atoms with Crippen LogP contribution in [-0.2, 0) is 0 Å². The zero-order valence-electron chi connectivity index (χ0n) is 11.4. The maximum atomic E-state index is 6.06. The number of rotatable bonds is 5. The lowest BCUT2D eigenvalue weighted by molar-refractivity contribution is 0.413. The van der Waals surface area contributed by atoms with Crippen LogP contribution in [0.2, 0.25) is 5.02 Å². The molecule has 0 aliphatic rings. The lowest BCUT2D eigenvalue weighted by atomic mass is 10.2. The van der Waals surface area contributed by atoms with Crippen molar-refractivity contribution >= 4 is 17.5 Å². The molecule has 0 amide bonds. The van der Waals surface area contributed by atoms with E-state index in [1.54, 1.807) is 13.3 Å². The molecule has 0 unspecified atom stereocenters. The van der Waals surface area contributed by atoms with Gasteiger partial charge in [-0.1, -0.05) is 25.4 Å². The van der Waals surface area contributed by atoms with Gasteiger partial charge in [-0.25, -0.2) is 4.98 Å². The number of hydrogen-bond acceptors (Lipinski definition) is 3. The van der Waals surface area contributed by atoms with Crippen molar-refractivity contribution in [3.8, 4) is 11.4 Å². The highest BCUT2D eigenvalue weighted by molar-refractivity contribution is 6.30. The van der Waals surface area contributed by atoms with Crippen LogP contribution in [0, 0.1) is 5.92 Å². The van der Waals surface area contributed by atoms with Crippen molar-refractivity contribution in [1.29, 1.82) is 0 Å². The minimum Gasteiger partial charge on any atom is -0.495 e. The second-order valence-electron chi connectivity index (χ2n) is 4.71. The average molecular weight is 280 g/mol. The Hall–Kier alpha value is -1.68. The summed E-state index contributed by atoms with van der Waals surface area (Å²) >= 11 is 6.06. The first-order valence-electron chi connectivity index (χ1n) is 6.23. The second kappa shape index (κ2) is 5.97. The maximum Gasteiger partial charge on any atom is 0.207 e. The fourth-order valence-electron chi connectivity index (χ4n) is 1.78. The Kier molecular flexibility index (Phi) is 4.32. The fraction of sp³-hybridized carbons (Fsp3) is 0.357. The van der Waals surface area contributed by atoms with Crippen LogP contribution in [-0.4, -0.2) is 23.2 Å². The van der Waals surface area contributed by atoms with Crippen molar-refractivity contribution in [2.24, 2.45) is 5.92 Å². The van der Waals surface area contributed by atoms with Gasteiger partial charge in [0, 0.05) is 24.0 Å². The number of nitrogens with zero attached hydrogens (tertiary/aromatic N) is 2. The van der Waals surface area contributed by atoms with Gasteiger partial charge in [-0.2, -0.15) is 0 Å². The Balaban J connectivity index is 2.36. The molecule has 19 heavy (non-hydrogen) atoms. The van der Waals surface area contributed by atoms with Crippen molar-refractivity contribution in [1.82, 2.24) is 9.55 Å². The summed E-state index contributed by atoms with van der Waals surface area (Å²) in [4.78, 5) is 4.32. The van der Waals surface area contributed by atoms with Crippen LogP contribution in [0.3, 0.4) is 0 Å². The van der Waals surface area contributed by atoms with Gasteiger partial charge < -0.3 is 10.1 Å². The monoisotopic (exact) mass is 279 g/mol. The Morgan fingerprint density at radius 2 is 2.21 bits per heavy atom. The number of ether oxygens (including phenoxy) is 1. The Labute approximate surface area is 118 Å². The molecule has 2 aromatic rings. The summed E-state index contributed by atoms with van der Waals surface area (Å²) in [6.45, 7) is 5.17. The van der Waals surface area contributed by atoms with Crippen molar-refractivity contribution in [2.45, 2.75) is 13.8 Å². The number of aromatic nitrogens is 2. The number of halogens is 1. The molecule has 0 spiro atoms. The molecule has 0 bridgehead atoms. The molecule has 1 aromatic carbocycles. The summed E-state index contributed by atoms with van der Waals surface area (Å²) in [5.41, 5.74) is 0.874. The first kappa shape index (κ1) is 13.7. The van der Waals surface area contributed by atoms with Crippen LogP contribution >= 0.6 is 11.6 Å². The summed E-state index contributed by atoms with van der Waals surface area (Å²) in [5, 5.41) is 3.98. The van der Waals surface area contributed by atoms with Crippen LogP contribution in [0.5, 0.6) is 5.75 Å². The van der Waals surface area contributed by atoms with Gasteiger partial charge in [0.1, 0.15) is 5.75 Å². The molecule has 1 heterocycles. The average Bonchev–Trinajstić information content (AvgIpc) is 2.84. The van der Waals surface area contributed by atoms with Gasteiger partial charge in [-0.15, -0.1) is 0 Å². The second-order valence-corrected chi connectivity index (χ2v) is 5.15. The van der Waals surface area contributed by atoms with Gasteiger partial charge in [0.05, 0.1) is 12.8 Å². The van der Waals surface area contributed by atoms with E-state index in [0.29, 0.717) is 10.9 Å². The Morgan fingerprint density at radius 1 is 1.42 bits per heavy atom. The van der Waals surface area contributed by atoms with E-state index < -0.39 is 0 Å². The molecule has 0 atom stereocenters. The quantitative estimate of drug-likeness (QED) is 0.909. The van der Waals surface area contributed by atoms with Gasteiger partial charge in [0.15, 0.2) is 0 Å². The van der Waals surface area contributed by atoms with Crippen LogP contribution in [0.15, 0.2) is 30.6 Å². The highest BCUT2D eigenvalue weighted by atomic mass is 35.5. The molecule has 5 heteroatoms. The molecule has 0 fully saturated rings. The van der Waals surface area contributed by atoms with Crippen molar-refractivity contribution in [3.63, 3.8) is 0 Å². The topological polar surface area (TPSA) is 39.1 Å². The lowest BCUT2D eigenvalue weighted by Gasteiger charge is -2.14. The Morgan fingerprint density at radius 3 is 2.89 bits per heavy atom. The predicted molar refractivity (Wildman–Crippen MR) is 78.5 cm³/mol. The Bertz CT molecular complexity index is 551. The lowest BCUT2D eigenvalue weighted by Crippen LogP contribution is -2.12. The number of anilines is 1. The molecule has 1 N–H and O–H groups in total. The summed E-state index contributed by atoms with van der Waals surface area (Å²) in [7, 11) is 1.64. The molecule has 0 radical (unpaired) electrons. The summed E-state index contributed by atoms with van der Waals surface area (Å²) in [6, 6.07) is 5.52. The van der Waals surface area contributed by atoms with Crippen LogP contribution < -0.4 is 10.1 Å². The van der Waals surface area contributed by atoms with E-state index in [1.165, 1.54) is 0 Å². The molecular weight excluding hydrogens is 262 g/mol. The normalized spacial score (nSPS) is 10.8. The van der Waals surface area contributed by atoms with Crippen LogP contribution in [0.1, 0.15) is 13.8 Å². The first-order valence-corrected chi connectivity index (χ1v) is 6.60. The molecular formula is C14H18ClN3O. The fourth-order valence-corrected chi connectivity index (χ4v) is 1.94. The van der Waals surface area contributed by atoms with Gasteiger partial charge in [0.25, 0.3) is 0 Å². The van der Waals surface area contributed by atoms with Crippen molar-refractivity contribution in [3.05, 3.63) is 35.6 Å². The summed E-state index contributed by atoms with van der Waals surface area (Å²) in [6.07, 6.45) is 3.64. The van der Waals surface area contributed by atoms with Gasteiger partial charge in [0.2, 0.25) is 5.95 Å². The zero-order chi connectivity index (χ0) is 13.8. The smallest absolute Gasteiger partial charge is 0.207 e. The maximum absolute atomic E-state index is 6.06. The van der Waals surface area contributed by atoms with Gasteiger partial charge in [-0.05, 0) is 24.1 Å². The molecule has 0 saturated heterocycles. The SMILES string of the molecule is COc1ccc(Cl)cc1-n1ccnc1NCC(C)C. The molecule has 1 aromatic heterocycles. The minimum atomic E-state index is 0.548. The van der Waals surface area contributed by atoms with Crippen LogP contribution in [0.25, 0.3) is 5.69 Å². The molecule has 0 aliphatic carbocycles. The standard InChI is InChI=1S/C14H18ClN3O/c1-10(2)9-17-14-16-6-7-18(14)12-8-11(15)4-5-13(12)19-3/h4-8,10H,9H2,1-3H3,(H,16,17). The summed E-state index contributed by atoms with van der Waals surface area (Å²) in [5.74, 6) is 2.09. The van der Waals surface area contributed by atoms with E-state index in [2.05, 4.69) is 24.1 Å². The van der Waals surface area contributed by atoms with Crippen molar-refractivity contribution < 1.29 is 4.74 Å². The van der Waals surface area contributed by atoms with Gasteiger partial charge >= 0.3 is 0 Å². The highest BCUT2D eigenvalue weighted by Gasteiger charge is 2.10. The number of benzene rings is 1. The third-order valence-electron chi connectivity index (χ3n) is 2.71. The van der Waals surface area contributed by atoms with Gasteiger partial charge in [-0.3, -0.25) is 4.57 Å². The number of hydrogen-bond donors (Lipinski definition) is 1. The highest BCUT2D eigenvalue weighted by Crippen LogP contribution is 2.28. The number of nitrogens with one attached hydrogen (secondary N) is 1. The van der Waals surface area contributed by atoms with E-state index in [0.717, 1.165) is 23.9 Å².